The van der Waals surface area contributed by atoms with Crippen molar-refractivity contribution in [3.63, 3.8) is 0 Å². The van der Waals surface area contributed by atoms with E-state index < -0.39 is 29.8 Å². The van der Waals surface area contributed by atoms with Crippen molar-refractivity contribution in [1.29, 1.82) is 0 Å². The van der Waals surface area contributed by atoms with Crippen LogP contribution in [0.4, 0.5) is 13.2 Å². The summed E-state index contributed by atoms with van der Waals surface area (Å²) in [5, 5.41) is 13.9. The van der Waals surface area contributed by atoms with E-state index in [1.165, 1.54) is 0 Å². The number of amides is 1. The molecule has 0 spiro atoms. The zero-order valence-corrected chi connectivity index (χ0v) is 21.1. The van der Waals surface area contributed by atoms with Crippen molar-refractivity contribution in [3.8, 4) is 22.8 Å². The summed E-state index contributed by atoms with van der Waals surface area (Å²) in [6.07, 6.45) is -3.71. The number of nitrogens with zero attached hydrogens (tertiary/aromatic N) is 2. The van der Waals surface area contributed by atoms with Crippen LogP contribution >= 0.6 is 0 Å². The van der Waals surface area contributed by atoms with Crippen LogP contribution in [0.2, 0.25) is 0 Å². The molecule has 0 bridgehead atoms. The molecule has 0 aliphatic heterocycles. The summed E-state index contributed by atoms with van der Waals surface area (Å²) in [6.45, 7) is 1.90. The maximum absolute atomic E-state index is 13.4. The predicted molar refractivity (Wildman–Crippen MR) is 141 cm³/mol. The second-order valence-corrected chi connectivity index (χ2v) is 9.21. The number of halogens is 3. The molecule has 5 aromatic rings. The number of carbonyl (C=O) groups is 2. The van der Waals surface area contributed by atoms with Gasteiger partial charge in [-0.2, -0.15) is 13.2 Å². The van der Waals surface area contributed by atoms with Crippen molar-refractivity contribution in [2.24, 2.45) is 0 Å². The first-order valence-corrected chi connectivity index (χ1v) is 12.2. The third kappa shape index (κ3) is 5.56. The summed E-state index contributed by atoms with van der Waals surface area (Å²) < 4.78 is 45.3. The number of hydrogen-bond acceptors (Lipinski definition) is 5. The molecule has 0 fully saturated rings. The minimum atomic E-state index is -4.65. The summed E-state index contributed by atoms with van der Waals surface area (Å²) in [5.41, 5.74) is 0.926. The molecular formula is C30H22F3N3O4. The van der Waals surface area contributed by atoms with Crippen LogP contribution in [0.5, 0.6) is 0 Å². The van der Waals surface area contributed by atoms with Crippen LogP contribution in [0, 0.1) is 6.92 Å². The number of aromatic nitrogens is 2. The van der Waals surface area contributed by atoms with Gasteiger partial charge in [-0.3, -0.25) is 9.78 Å². The Morgan fingerprint density at radius 3 is 2.38 bits per heavy atom. The maximum Gasteiger partial charge on any atom is 0.433 e. The number of hydrogen-bond donors (Lipinski definition) is 2. The second-order valence-electron chi connectivity index (χ2n) is 9.21. The Hall–Kier alpha value is -4.99. The van der Waals surface area contributed by atoms with Crippen molar-refractivity contribution < 1.29 is 32.3 Å². The van der Waals surface area contributed by atoms with E-state index in [0.29, 0.717) is 11.1 Å². The minimum Gasteiger partial charge on any atom is -0.480 e. The van der Waals surface area contributed by atoms with Crippen molar-refractivity contribution in [3.05, 3.63) is 108 Å². The molecule has 0 saturated heterocycles. The van der Waals surface area contributed by atoms with Crippen molar-refractivity contribution in [2.45, 2.75) is 25.6 Å². The molecule has 1 unspecified atom stereocenters. The molecule has 1 atom stereocenters. The average molecular weight is 546 g/mol. The van der Waals surface area contributed by atoms with Gasteiger partial charge in [0.25, 0.3) is 5.91 Å². The maximum atomic E-state index is 13.4. The van der Waals surface area contributed by atoms with Gasteiger partial charge in [0, 0.05) is 23.7 Å². The van der Waals surface area contributed by atoms with Crippen LogP contribution < -0.4 is 5.32 Å². The lowest BCUT2D eigenvalue weighted by Gasteiger charge is -2.14. The fraction of sp³-hybridized carbons (Fsp3) is 0.133. The van der Waals surface area contributed by atoms with Crippen LogP contribution in [0.3, 0.4) is 0 Å². The van der Waals surface area contributed by atoms with E-state index in [2.05, 4.69) is 15.3 Å². The highest BCUT2D eigenvalue weighted by Gasteiger charge is 2.33. The van der Waals surface area contributed by atoms with E-state index in [0.717, 1.165) is 34.7 Å². The Bertz CT molecular complexity index is 1690. The Labute approximate surface area is 226 Å². The number of alkyl halides is 3. The number of carboxylic acid groups (broad SMARTS) is 1. The van der Waals surface area contributed by atoms with Gasteiger partial charge in [0.05, 0.1) is 0 Å². The van der Waals surface area contributed by atoms with Gasteiger partial charge in [0.1, 0.15) is 11.7 Å². The second kappa shape index (κ2) is 10.6. The van der Waals surface area contributed by atoms with Gasteiger partial charge in [-0.05, 0) is 41.5 Å². The highest BCUT2D eigenvalue weighted by molar-refractivity contribution is 6.01. The number of carbonyl (C=O) groups excluding carboxylic acids is 1. The lowest BCUT2D eigenvalue weighted by molar-refractivity contribution is -0.141. The SMILES string of the molecule is Cc1ccc(CC(NC(=O)c2nc(-c3cccc4ccccc34)oc2-c2ccc(C(F)(F)F)nc2)C(=O)O)cc1. The van der Waals surface area contributed by atoms with Gasteiger partial charge in [-0.1, -0.05) is 66.2 Å². The zero-order chi connectivity index (χ0) is 28.4. The monoisotopic (exact) mass is 545 g/mol. The highest BCUT2D eigenvalue weighted by atomic mass is 19.4. The lowest BCUT2D eigenvalue weighted by atomic mass is 10.0. The van der Waals surface area contributed by atoms with Gasteiger partial charge in [0.2, 0.25) is 5.89 Å². The van der Waals surface area contributed by atoms with Crippen molar-refractivity contribution >= 4 is 22.6 Å². The Morgan fingerprint density at radius 1 is 0.975 bits per heavy atom. The third-order valence-corrected chi connectivity index (χ3v) is 6.34. The number of nitrogens with one attached hydrogen (secondary N) is 1. The van der Waals surface area contributed by atoms with Crippen LogP contribution in [0.15, 0.2) is 89.5 Å². The van der Waals surface area contributed by atoms with E-state index in [1.54, 1.807) is 24.3 Å². The smallest absolute Gasteiger partial charge is 0.433 e. The fourth-order valence-electron chi connectivity index (χ4n) is 4.28. The standard InChI is InChI=1S/C30H22F3N3O4/c1-17-9-11-18(12-10-17)15-23(29(38)39)35-27(37)25-26(20-13-14-24(34-16-20)30(31,32)33)40-28(36-25)22-8-4-6-19-5-2-3-7-21(19)22/h2-14,16,23H,15H2,1H3,(H,35,37)(H,38,39). The topological polar surface area (TPSA) is 105 Å². The fourth-order valence-corrected chi connectivity index (χ4v) is 4.28. The molecule has 5 rings (SSSR count). The largest absolute Gasteiger partial charge is 0.480 e. The molecular weight excluding hydrogens is 523 g/mol. The summed E-state index contributed by atoms with van der Waals surface area (Å²) >= 11 is 0. The Morgan fingerprint density at radius 2 is 1.70 bits per heavy atom. The van der Waals surface area contributed by atoms with E-state index >= 15 is 0 Å². The molecule has 2 heterocycles. The number of oxazole rings is 1. The molecule has 7 nitrogen and oxygen atoms in total. The van der Waals surface area contributed by atoms with Gasteiger partial charge >= 0.3 is 12.1 Å². The molecule has 0 aliphatic rings. The van der Waals surface area contributed by atoms with Crippen molar-refractivity contribution in [1.82, 2.24) is 15.3 Å². The molecule has 0 saturated carbocycles. The number of benzene rings is 3. The predicted octanol–water partition coefficient (Wildman–Crippen LogP) is 6.31. The van der Waals surface area contributed by atoms with E-state index in [-0.39, 0.29) is 29.3 Å². The quantitative estimate of drug-likeness (QED) is 0.248. The summed E-state index contributed by atoms with van der Waals surface area (Å²) in [6, 6.07) is 20.6. The molecule has 202 valence electrons. The van der Waals surface area contributed by atoms with E-state index in [1.807, 2.05) is 49.4 Å². The van der Waals surface area contributed by atoms with Gasteiger partial charge in [-0.15, -0.1) is 0 Å². The molecule has 0 aliphatic carbocycles. The Balaban J connectivity index is 1.56. The lowest BCUT2D eigenvalue weighted by Crippen LogP contribution is -2.42. The first-order chi connectivity index (χ1) is 19.1. The molecule has 0 radical (unpaired) electrons. The minimum absolute atomic E-state index is 0.00650. The van der Waals surface area contributed by atoms with Crippen LogP contribution in [-0.2, 0) is 17.4 Å². The molecule has 10 heteroatoms. The molecule has 1 amide bonds. The van der Waals surface area contributed by atoms with Gasteiger partial charge in [-0.25, -0.2) is 9.78 Å². The number of fused-ring (bicyclic) bond motifs is 1. The van der Waals surface area contributed by atoms with E-state index in [9.17, 15) is 27.9 Å². The molecule has 2 N–H and O–H groups in total. The number of aryl methyl sites for hydroxylation is 1. The number of aliphatic carboxylic acids is 1. The Kier molecular flexibility index (Phi) is 7.08. The molecule has 3 aromatic carbocycles. The van der Waals surface area contributed by atoms with Gasteiger partial charge in [0.15, 0.2) is 11.5 Å². The van der Waals surface area contributed by atoms with Crippen LogP contribution in [0.25, 0.3) is 33.6 Å². The molecule has 40 heavy (non-hydrogen) atoms. The summed E-state index contributed by atoms with van der Waals surface area (Å²) in [7, 11) is 0. The number of carboxylic acids is 1. The van der Waals surface area contributed by atoms with E-state index in [4.69, 9.17) is 4.42 Å². The zero-order valence-electron chi connectivity index (χ0n) is 21.1. The highest BCUT2D eigenvalue weighted by Crippen LogP contribution is 2.35. The molecule has 2 aromatic heterocycles. The third-order valence-electron chi connectivity index (χ3n) is 6.34. The van der Waals surface area contributed by atoms with Gasteiger partial charge < -0.3 is 14.8 Å². The normalized spacial score (nSPS) is 12.3. The summed E-state index contributed by atoms with van der Waals surface area (Å²) in [5.74, 6) is -2.21. The van der Waals surface area contributed by atoms with Crippen LogP contribution in [0.1, 0.15) is 27.3 Å². The first-order valence-electron chi connectivity index (χ1n) is 12.2. The average Bonchev–Trinajstić information content (AvgIpc) is 3.38. The number of pyridine rings is 1. The summed E-state index contributed by atoms with van der Waals surface area (Å²) in [4.78, 5) is 33.3. The number of rotatable bonds is 7. The van der Waals surface area contributed by atoms with Crippen LogP contribution in [-0.4, -0.2) is 33.0 Å². The first kappa shape index (κ1) is 26.6. The van der Waals surface area contributed by atoms with Crippen molar-refractivity contribution in [2.75, 3.05) is 0 Å².